The molecule has 1 fully saturated rings. The molecule has 0 saturated carbocycles. The smallest absolute Gasteiger partial charge is 0.208 e. The highest BCUT2D eigenvalue weighted by atomic mass is 16.5. The first kappa shape index (κ1) is 12.1. The first-order valence-corrected chi connectivity index (χ1v) is 6.25. The second-order valence-electron chi connectivity index (χ2n) is 4.29. The molecule has 8 nitrogen and oxygen atoms in total. The lowest BCUT2D eigenvalue weighted by atomic mass is 10.3. The van der Waals surface area contributed by atoms with Crippen molar-refractivity contribution in [3.8, 4) is 11.4 Å². The van der Waals surface area contributed by atoms with Gasteiger partial charge in [-0.2, -0.15) is 4.80 Å². The fraction of sp³-hybridized carbons (Fsp3) is 0.545. The van der Waals surface area contributed by atoms with Gasteiger partial charge >= 0.3 is 0 Å². The Morgan fingerprint density at radius 1 is 1.11 bits per heavy atom. The summed E-state index contributed by atoms with van der Waals surface area (Å²) in [6, 6.07) is 0. The Labute approximate surface area is 110 Å². The van der Waals surface area contributed by atoms with E-state index < -0.39 is 0 Å². The average molecular weight is 261 g/mol. The van der Waals surface area contributed by atoms with Crippen LogP contribution in [-0.2, 0) is 11.3 Å². The topological polar surface area (TPSA) is 81.9 Å². The Balaban J connectivity index is 1.59. The minimum atomic E-state index is 0.558. The van der Waals surface area contributed by atoms with Gasteiger partial charge < -0.3 is 4.74 Å². The number of rotatable bonds is 4. The predicted octanol–water partition coefficient (Wildman–Crippen LogP) is -0.538. The summed E-state index contributed by atoms with van der Waals surface area (Å²) in [6.07, 6.45) is 4.83. The monoisotopic (exact) mass is 261 g/mol. The minimum Gasteiger partial charge on any atom is -0.379 e. The second-order valence-corrected chi connectivity index (χ2v) is 4.29. The lowest BCUT2D eigenvalue weighted by Crippen LogP contribution is -2.38. The first-order chi connectivity index (χ1) is 9.42. The van der Waals surface area contributed by atoms with Crippen LogP contribution in [0.2, 0.25) is 0 Å². The summed E-state index contributed by atoms with van der Waals surface area (Å²) in [5.74, 6) is 0.558. The van der Waals surface area contributed by atoms with E-state index in [1.807, 2.05) is 0 Å². The highest BCUT2D eigenvalue weighted by molar-refractivity contribution is 5.49. The van der Waals surface area contributed by atoms with Crippen molar-refractivity contribution in [1.82, 2.24) is 35.1 Å². The number of tetrazole rings is 1. The molecule has 0 amide bonds. The van der Waals surface area contributed by atoms with Crippen molar-refractivity contribution < 1.29 is 4.74 Å². The predicted molar refractivity (Wildman–Crippen MR) is 66.1 cm³/mol. The molecule has 1 saturated heterocycles. The summed E-state index contributed by atoms with van der Waals surface area (Å²) in [6.45, 7) is 5.17. The molecule has 0 atom stereocenters. The number of ether oxygens (including phenoxy) is 1. The molecule has 1 aliphatic rings. The molecule has 100 valence electrons. The van der Waals surface area contributed by atoms with Crippen LogP contribution < -0.4 is 0 Å². The van der Waals surface area contributed by atoms with E-state index in [0.29, 0.717) is 5.82 Å². The summed E-state index contributed by atoms with van der Waals surface area (Å²) in [4.78, 5) is 11.8. The molecule has 2 aromatic heterocycles. The third-order valence-corrected chi connectivity index (χ3v) is 2.99. The van der Waals surface area contributed by atoms with Gasteiger partial charge in [0.2, 0.25) is 5.82 Å². The quantitative estimate of drug-likeness (QED) is 0.731. The van der Waals surface area contributed by atoms with Crippen LogP contribution in [0.25, 0.3) is 11.4 Å². The van der Waals surface area contributed by atoms with Gasteiger partial charge in [0, 0.05) is 32.0 Å². The number of aromatic nitrogens is 6. The lowest BCUT2D eigenvalue weighted by molar-refractivity contribution is 0.0354. The van der Waals surface area contributed by atoms with Crippen LogP contribution >= 0.6 is 0 Å². The minimum absolute atomic E-state index is 0.558. The lowest BCUT2D eigenvalue weighted by Gasteiger charge is -2.25. The molecule has 0 aliphatic carbocycles. The van der Waals surface area contributed by atoms with Gasteiger partial charge in [-0.25, -0.2) is 9.97 Å². The van der Waals surface area contributed by atoms with Crippen molar-refractivity contribution in [3.05, 3.63) is 18.7 Å². The maximum Gasteiger partial charge on any atom is 0.208 e. The third-order valence-electron chi connectivity index (χ3n) is 2.99. The van der Waals surface area contributed by atoms with Gasteiger partial charge in [-0.05, 0) is 5.21 Å². The van der Waals surface area contributed by atoms with Crippen molar-refractivity contribution in [1.29, 1.82) is 0 Å². The molecule has 8 heteroatoms. The molecule has 1 aliphatic heterocycles. The molecule has 0 bridgehead atoms. The number of morpholine rings is 1. The highest BCUT2D eigenvalue weighted by Gasteiger charge is 2.11. The Kier molecular flexibility index (Phi) is 3.70. The van der Waals surface area contributed by atoms with E-state index in [4.69, 9.17) is 4.74 Å². The standard InChI is InChI=1S/C11H15N7O/c1(17-3-5-19-6-4-17)2-18-15-11(14-16-18)10-7-12-9-13-8-10/h7-9H,1-6H2. The van der Waals surface area contributed by atoms with Crippen molar-refractivity contribution in [3.63, 3.8) is 0 Å². The SMILES string of the molecule is c1ncc(-c2nnn(CCN3CCOCC3)n2)cn1. The highest BCUT2D eigenvalue weighted by Crippen LogP contribution is 2.08. The van der Waals surface area contributed by atoms with Crippen LogP contribution in [0.15, 0.2) is 18.7 Å². The average Bonchev–Trinajstić information content (AvgIpc) is 2.96. The second kappa shape index (κ2) is 5.81. The van der Waals surface area contributed by atoms with Crippen LogP contribution in [-0.4, -0.2) is 67.9 Å². The van der Waals surface area contributed by atoms with Gasteiger partial charge in [0.25, 0.3) is 0 Å². The molecular formula is C11H15N7O. The Hall–Kier alpha value is -1.93. The van der Waals surface area contributed by atoms with Crippen LogP contribution in [0.1, 0.15) is 0 Å². The van der Waals surface area contributed by atoms with E-state index in [1.165, 1.54) is 6.33 Å². The van der Waals surface area contributed by atoms with Crippen molar-refractivity contribution in [2.75, 3.05) is 32.8 Å². The molecule has 3 heterocycles. The fourth-order valence-electron chi connectivity index (χ4n) is 1.92. The molecule has 0 radical (unpaired) electrons. The van der Waals surface area contributed by atoms with Crippen LogP contribution in [0.4, 0.5) is 0 Å². The van der Waals surface area contributed by atoms with E-state index in [-0.39, 0.29) is 0 Å². The van der Waals surface area contributed by atoms with Gasteiger partial charge in [-0.3, -0.25) is 4.90 Å². The molecule has 2 aromatic rings. The van der Waals surface area contributed by atoms with Gasteiger partial charge in [-0.1, -0.05) is 0 Å². The normalized spacial score (nSPS) is 16.6. The molecule has 0 unspecified atom stereocenters. The summed E-state index contributed by atoms with van der Waals surface area (Å²) in [5, 5.41) is 12.4. The first-order valence-electron chi connectivity index (χ1n) is 6.25. The van der Waals surface area contributed by atoms with E-state index in [9.17, 15) is 0 Å². The van der Waals surface area contributed by atoms with E-state index in [2.05, 4.69) is 30.3 Å². The maximum absolute atomic E-state index is 5.31. The van der Waals surface area contributed by atoms with Gasteiger partial charge in [0.05, 0.1) is 25.3 Å². The largest absolute Gasteiger partial charge is 0.379 e. The summed E-state index contributed by atoms with van der Waals surface area (Å²) >= 11 is 0. The molecular weight excluding hydrogens is 246 g/mol. The zero-order valence-electron chi connectivity index (χ0n) is 10.5. The number of hydrogen-bond donors (Lipinski definition) is 0. The summed E-state index contributed by atoms with van der Waals surface area (Å²) in [5.41, 5.74) is 0.778. The summed E-state index contributed by atoms with van der Waals surface area (Å²) in [7, 11) is 0. The van der Waals surface area contributed by atoms with E-state index in [1.54, 1.807) is 17.2 Å². The molecule has 3 rings (SSSR count). The van der Waals surface area contributed by atoms with Gasteiger partial charge in [-0.15, -0.1) is 10.2 Å². The van der Waals surface area contributed by atoms with E-state index in [0.717, 1.165) is 45.0 Å². The zero-order chi connectivity index (χ0) is 12.9. The van der Waals surface area contributed by atoms with Crippen LogP contribution in [0.5, 0.6) is 0 Å². The number of nitrogens with zero attached hydrogens (tertiary/aromatic N) is 7. The molecule has 0 spiro atoms. The number of hydrogen-bond acceptors (Lipinski definition) is 7. The van der Waals surface area contributed by atoms with Crippen molar-refractivity contribution in [2.45, 2.75) is 6.54 Å². The van der Waals surface area contributed by atoms with Crippen LogP contribution in [0, 0.1) is 0 Å². The van der Waals surface area contributed by atoms with Crippen molar-refractivity contribution >= 4 is 0 Å². The molecule has 0 N–H and O–H groups in total. The Bertz CT molecular complexity index is 509. The zero-order valence-corrected chi connectivity index (χ0v) is 10.5. The Morgan fingerprint density at radius 3 is 2.68 bits per heavy atom. The molecule has 19 heavy (non-hydrogen) atoms. The van der Waals surface area contributed by atoms with Gasteiger partial charge in [0.1, 0.15) is 6.33 Å². The van der Waals surface area contributed by atoms with Crippen molar-refractivity contribution in [2.24, 2.45) is 0 Å². The fourth-order valence-corrected chi connectivity index (χ4v) is 1.92. The third kappa shape index (κ3) is 3.09. The van der Waals surface area contributed by atoms with Gasteiger partial charge in [0.15, 0.2) is 0 Å². The Morgan fingerprint density at radius 2 is 1.89 bits per heavy atom. The maximum atomic E-state index is 5.31. The molecule has 0 aromatic carbocycles. The van der Waals surface area contributed by atoms with Crippen LogP contribution in [0.3, 0.4) is 0 Å². The summed E-state index contributed by atoms with van der Waals surface area (Å²) < 4.78 is 5.31. The van der Waals surface area contributed by atoms with E-state index >= 15 is 0 Å².